The molecule has 2 aliphatic rings. The van der Waals surface area contributed by atoms with Crippen molar-refractivity contribution in [3.05, 3.63) is 0 Å². The van der Waals surface area contributed by atoms with Crippen molar-refractivity contribution < 1.29 is 24.2 Å². The Morgan fingerprint density at radius 2 is 2.18 bits per heavy atom. The molecule has 0 aliphatic heterocycles. The molecule has 17 heavy (non-hydrogen) atoms. The number of hydrogen-bond donors (Lipinski definition) is 1. The second-order valence-corrected chi connectivity index (χ2v) is 4.87. The molecule has 0 aromatic carbocycles. The summed E-state index contributed by atoms with van der Waals surface area (Å²) in [6.07, 6.45) is 1.21. The number of ketones is 1. The molecule has 2 rings (SSSR count). The lowest BCUT2D eigenvalue weighted by molar-refractivity contribution is -0.146. The van der Waals surface area contributed by atoms with Crippen LogP contribution in [-0.2, 0) is 19.1 Å². The highest BCUT2D eigenvalue weighted by molar-refractivity contribution is 5.91. The Morgan fingerprint density at radius 3 is 2.65 bits per heavy atom. The van der Waals surface area contributed by atoms with Crippen LogP contribution in [0.5, 0.6) is 0 Å². The van der Waals surface area contributed by atoms with E-state index < -0.39 is 17.4 Å². The highest BCUT2D eigenvalue weighted by atomic mass is 16.5. The van der Waals surface area contributed by atoms with E-state index in [-0.39, 0.29) is 37.1 Å². The molecule has 1 unspecified atom stereocenters. The SMILES string of the molecule is CCOC(=O)CC1(CC(=O)O)[C@@H]2CCC(=O)[C@@H]21. The molecule has 0 heterocycles. The molecule has 94 valence electrons. The fraction of sp³-hybridized carbons (Fsp3) is 0.750. The predicted octanol–water partition coefficient (Wildman–Crippen LogP) is 1.01. The summed E-state index contributed by atoms with van der Waals surface area (Å²) in [5.74, 6) is -1.37. The van der Waals surface area contributed by atoms with Gasteiger partial charge in [0.1, 0.15) is 5.78 Å². The number of carbonyl (C=O) groups excluding carboxylic acids is 2. The monoisotopic (exact) mass is 240 g/mol. The first kappa shape index (κ1) is 12.1. The summed E-state index contributed by atoms with van der Waals surface area (Å²) in [5, 5.41) is 8.91. The number of Topliss-reactive ketones (excluding diaryl/α,β-unsaturated/α-hetero) is 1. The van der Waals surface area contributed by atoms with Crippen LogP contribution < -0.4 is 0 Å². The second-order valence-electron chi connectivity index (χ2n) is 4.87. The number of rotatable bonds is 5. The third kappa shape index (κ3) is 1.94. The first-order valence-corrected chi connectivity index (χ1v) is 5.91. The van der Waals surface area contributed by atoms with Gasteiger partial charge in [-0.15, -0.1) is 0 Å². The molecule has 0 saturated heterocycles. The van der Waals surface area contributed by atoms with Crippen molar-refractivity contribution in [1.29, 1.82) is 0 Å². The number of hydrogen-bond acceptors (Lipinski definition) is 4. The summed E-state index contributed by atoms with van der Waals surface area (Å²) in [5.41, 5.74) is -0.645. The van der Waals surface area contributed by atoms with Crippen molar-refractivity contribution in [3.63, 3.8) is 0 Å². The van der Waals surface area contributed by atoms with E-state index in [9.17, 15) is 14.4 Å². The minimum Gasteiger partial charge on any atom is -0.481 e. The lowest BCUT2D eigenvalue weighted by Gasteiger charge is -2.17. The minimum atomic E-state index is -0.948. The first-order chi connectivity index (χ1) is 8.01. The number of carbonyl (C=O) groups is 3. The third-order valence-electron chi connectivity index (χ3n) is 3.96. The number of fused-ring (bicyclic) bond motifs is 1. The highest BCUT2D eigenvalue weighted by Gasteiger charge is 2.70. The van der Waals surface area contributed by atoms with Gasteiger partial charge in [-0.25, -0.2) is 0 Å². The third-order valence-corrected chi connectivity index (χ3v) is 3.96. The quantitative estimate of drug-likeness (QED) is 0.725. The topological polar surface area (TPSA) is 80.7 Å². The van der Waals surface area contributed by atoms with Crippen molar-refractivity contribution in [3.8, 4) is 0 Å². The number of esters is 1. The Kier molecular flexibility index (Phi) is 2.93. The molecule has 5 heteroatoms. The van der Waals surface area contributed by atoms with Gasteiger partial charge in [0.05, 0.1) is 19.4 Å². The van der Waals surface area contributed by atoms with Gasteiger partial charge in [-0.1, -0.05) is 0 Å². The number of ether oxygens (including phenoxy) is 1. The van der Waals surface area contributed by atoms with Crippen molar-refractivity contribution in [1.82, 2.24) is 0 Å². The molecule has 0 radical (unpaired) electrons. The molecule has 2 fully saturated rings. The molecule has 0 spiro atoms. The standard InChI is InChI=1S/C12H16O5/c1-2-17-10(16)6-12(5-9(14)15)7-3-4-8(13)11(7)12/h7,11H,2-6H2,1H3,(H,14,15)/t7-,11-,12?/m1/s1. The molecule has 0 aromatic rings. The van der Waals surface area contributed by atoms with Crippen LogP contribution >= 0.6 is 0 Å². The molecule has 5 nitrogen and oxygen atoms in total. The molecule has 0 aromatic heterocycles. The van der Waals surface area contributed by atoms with Crippen LogP contribution in [0.25, 0.3) is 0 Å². The summed E-state index contributed by atoms with van der Waals surface area (Å²) in [6, 6.07) is 0. The smallest absolute Gasteiger partial charge is 0.306 e. The lowest BCUT2D eigenvalue weighted by atomic mass is 9.88. The highest BCUT2D eigenvalue weighted by Crippen LogP contribution is 2.69. The molecule has 2 aliphatic carbocycles. The summed E-state index contributed by atoms with van der Waals surface area (Å²) < 4.78 is 4.86. The van der Waals surface area contributed by atoms with Gasteiger partial charge in [0.2, 0.25) is 0 Å². The van der Waals surface area contributed by atoms with Crippen molar-refractivity contribution in [2.75, 3.05) is 6.61 Å². The average Bonchev–Trinajstić information content (AvgIpc) is 2.60. The molecule has 0 amide bonds. The minimum absolute atomic E-state index is 0.0637. The lowest BCUT2D eigenvalue weighted by Crippen LogP contribution is -2.22. The van der Waals surface area contributed by atoms with E-state index >= 15 is 0 Å². The van der Waals surface area contributed by atoms with Gasteiger partial charge in [-0.05, 0) is 19.3 Å². The van der Waals surface area contributed by atoms with Crippen molar-refractivity contribution in [2.45, 2.75) is 32.6 Å². The Hall–Kier alpha value is -1.39. The molecule has 1 N–H and O–H groups in total. The van der Waals surface area contributed by atoms with Gasteiger partial charge < -0.3 is 9.84 Å². The second kappa shape index (κ2) is 4.13. The van der Waals surface area contributed by atoms with Gasteiger partial charge in [-0.2, -0.15) is 0 Å². The maximum Gasteiger partial charge on any atom is 0.306 e. The Bertz CT molecular complexity index is 375. The maximum atomic E-state index is 11.6. The first-order valence-electron chi connectivity index (χ1n) is 5.91. The van der Waals surface area contributed by atoms with E-state index in [0.29, 0.717) is 6.42 Å². The zero-order valence-corrected chi connectivity index (χ0v) is 9.77. The molecule has 0 bridgehead atoms. The molecular formula is C12H16O5. The Labute approximate surface area is 99.1 Å². The van der Waals surface area contributed by atoms with Crippen molar-refractivity contribution >= 4 is 17.7 Å². The summed E-state index contributed by atoms with van der Waals surface area (Å²) in [6.45, 7) is 1.99. The van der Waals surface area contributed by atoms with E-state index in [1.807, 2.05) is 0 Å². The number of carboxylic acid groups (broad SMARTS) is 1. The Morgan fingerprint density at radius 1 is 1.47 bits per heavy atom. The van der Waals surface area contributed by atoms with Crippen LogP contribution in [0.4, 0.5) is 0 Å². The fourth-order valence-electron chi connectivity index (χ4n) is 3.34. The molecule has 2 saturated carbocycles. The van der Waals surface area contributed by atoms with Crippen LogP contribution in [-0.4, -0.2) is 29.4 Å². The van der Waals surface area contributed by atoms with E-state index in [4.69, 9.17) is 9.84 Å². The zero-order chi connectivity index (χ0) is 12.6. The van der Waals surface area contributed by atoms with Crippen LogP contribution in [0.3, 0.4) is 0 Å². The Balaban J connectivity index is 2.09. The number of aliphatic carboxylic acids is 1. The van der Waals surface area contributed by atoms with Crippen LogP contribution in [0.1, 0.15) is 32.6 Å². The van der Waals surface area contributed by atoms with Gasteiger partial charge in [0.25, 0.3) is 0 Å². The maximum absolute atomic E-state index is 11.6. The van der Waals surface area contributed by atoms with Gasteiger partial charge in [0, 0.05) is 17.8 Å². The molecule has 3 atom stereocenters. The summed E-state index contributed by atoms with van der Waals surface area (Å²) >= 11 is 0. The largest absolute Gasteiger partial charge is 0.481 e. The van der Waals surface area contributed by atoms with E-state index in [0.717, 1.165) is 6.42 Å². The van der Waals surface area contributed by atoms with E-state index in [1.54, 1.807) is 6.92 Å². The fourth-order valence-corrected chi connectivity index (χ4v) is 3.34. The molecular weight excluding hydrogens is 224 g/mol. The predicted molar refractivity (Wildman–Crippen MR) is 57.2 cm³/mol. The van der Waals surface area contributed by atoms with E-state index in [1.165, 1.54) is 0 Å². The summed E-state index contributed by atoms with van der Waals surface area (Å²) in [4.78, 5) is 34.0. The van der Waals surface area contributed by atoms with Crippen molar-refractivity contribution in [2.24, 2.45) is 17.3 Å². The zero-order valence-electron chi connectivity index (χ0n) is 9.77. The van der Waals surface area contributed by atoms with Gasteiger partial charge in [0.15, 0.2) is 0 Å². The van der Waals surface area contributed by atoms with Crippen LogP contribution in [0.2, 0.25) is 0 Å². The van der Waals surface area contributed by atoms with E-state index in [2.05, 4.69) is 0 Å². The van der Waals surface area contributed by atoms with Crippen LogP contribution in [0, 0.1) is 17.3 Å². The summed E-state index contributed by atoms with van der Waals surface area (Å²) in [7, 11) is 0. The normalized spacial score (nSPS) is 34.3. The van der Waals surface area contributed by atoms with Crippen LogP contribution in [0.15, 0.2) is 0 Å². The number of carboxylic acids is 1. The average molecular weight is 240 g/mol. The van der Waals surface area contributed by atoms with Gasteiger partial charge in [-0.3, -0.25) is 14.4 Å². The van der Waals surface area contributed by atoms with Gasteiger partial charge >= 0.3 is 11.9 Å².